The third-order valence-electron chi connectivity index (χ3n) is 1.28. The van der Waals surface area contributed by atoms with E-state index in [-0.39, 0.29) is 4.90 Å². The number of hydrogen-bond acceptors (Lipinski definition) is 3. The van der Waals surface area contributed by atoms with E-state index in [1.165, 1.54) is 18.4 Å². The molecule has 1 atom stereocenters. The summed E-state index contributed by atoms with van der Waals surface area (Å²) in [6.07, 6.45) is 1.26. The molecule has 1 aromatic rings. The van der Waals surface area contributed by atoms with E-state index in [2.05, 4.69) is 0 Å². The molecule has 0 fully saturated rings. The minimum absolute atomic E-state index is 0.116. The Hall–Kier alpha value is -0.560. The van der Waals surface area contributed by atoms with Crippen LogP contribution in [0.4, 0.5) is 0 Å². The highest BCUT2D eigenvalue weighted by Crippen LogP contribution is 2.07. The standard InChI is InChI=1S/C7H9NO3S2/c1-12(9)8-13(10,11)7-5-3-2-4-6-7/h2-6,8H,1H3. The molecule has 1 N–H and O–H groups in total. The maximum Gasteiger partial charge on any atom is 0.279 e. The van der Waals surface area contributed by atoms with Crippen molar-refractivity contribution in [2.24, 2.45) is 0 Å². The molecule has 1 aromatic carbocycles. The Kier molecular flexibility index (Phi) is 3.32. The summed E-state index contributed by atoms with van der Waals surface area (Å²) in [5.41, 5.74) is 0. The van der Waals surface area contributed by atoms with Crippen molar-refractivity contribution < 1.29 is 13.0 Å². The number of nitrogens with one attached hydrogen (secondary N) is 1. The van der Waals surface area contributed by atoms with E-state index in [4.69, 9.17) is 0 Å². The summed E-state index contributed by atoms with van der Waals surface area (Å²) in [6, 6.07) is 7.80. The highest BCUT2D eigenvalue weighted by Gasteiger charge is 2.17. The normalized spacial score (nSPS) is 14.0. The Balaban J connectivity index is 2.96. The number of rotatable bonds is 3. The molecule has 0 saturated heterocycles. The van der Waals surface area contributed by atoms with Crippen LogP contribution in [0.2, 0.25) is 0 Å². The predicted molar refractivity (Wildman–Crippen MR) is 50.8 cm³/mol. The number of hydrogen-bond donors (Lipinski definition) is 1. The molecule has 1 rings (SSSR count). The molecule has 0 aromatic heterocycles. The number of sulfonamides is 1. The molecule has 0 aliphatic heterocycles. The van der Waals surface area contributed by atoms with E-state index >= 15 is 0 Å². The second-order valence-electron chi connectivity index (χ2n) is 2.35. The van der Waals surface area contributed by atoms with Crippen LogP contribution in [0, 0.1) is 0 Å². The molecule has 0 heterocycles. The molecule has 4 nitrogen and oxygen atoms in total. The quantitative estimate of drug-likeness (QED) is 0.741. The maximum atomic E-state index is 11.3. The van der Waals surface area contributed by atoms with Gasteiger partial charge in [0.25, 0.3) is 10.0 Å². The molecule has 0 amide bonds. The first-order valence-corrected chi connectivity index (χ1v) is 6.47. The first-order valence-electron chi connectivity index (χ1n) is 3.43. The van der Waals surface area contributed by atoms with Crippen LogP contribution in [-0.2, 0) is 21.4 Å². The summed E-state index contributed by atoms with van der Waals surface area (Å²) in [7, 11) is -3.61. The monoisotopic (exact) mass is 219 g/mol. The van der Waals surface area contributed by atoms with E-state index in [0.717, 1.165) is 0 Å². The van der Waals surface area contributed by atoms with Crippen molar-refractivity contribution in [3.05, 3.63) is 30.3 Å². The Morgan fingerprint density at radius 1 is 1.31 bits per heavy atom. The van der Waals surface area contributed by atoms with E-state index in [0.29, 0.717) is 0 Å². The molecule has 72 valence electrons. The lowest BCUT2D eigenvalue weighted by Crippen LogP contribution is -2.29. The zero-order valence-corrected chi connectivity index (χ0v) is 8.56. The SMILES string of the molecule is C[S+]([O-])NS(=O)(=O)c1ccccc1. The Morgan fingerprint density at radius 3 is 2.31 bits per heavy atom. The van der Waals surface area contributed by atoms with Gasteiger partial charge in [-0.05, 0) is 16.3 Å². The third-order valence-corrected chi connectivity index (χ3v) is 3.99. The summed E-state index contributed by atoms with van der Waals surface area (Å²) in [5, 5.41) is 0. The lowest BCUT2D eigenvalue weighted by molar-refractivity contribution is 0.579. The minimum atomic E-state index is -3.61. The van der Waals surface area contributed by atoms with Crippen LogP contribution in [0.5, 0.6) is 0 Å². The van der Waals surface area contributed by atoms with Crippen LogP contribution in [0.1, 0.15) is 0 Å². The molecule has 0 aliphatic rings. The highest BCUT2D eigenvalue weighted by atomic mass is 32.3. The molecule has 6 heteroatoms. The summed E-state index contributed by atoms with van der Waals surface area (Å²) in [4.78, 5) is 0.116. The fourth-order valence-corrected chi connectivity index (χ4v) is 2.94. The van der Waals surface area contributed by atoms with Crippen molar-refractivity contribution in [1.29, 1.82) is 0 Å². The lowest BCUT2D eigenvalue weighted by Gasteiger charge is -2.06. The smallest absolute Gasteiger partial charge is 0.279 e. The van der Waals surface area contributed by atoms with Crippen molar-refractivity contribution in [3.8, 4) is 0 Å². The zero-order valence-electron chi connectivity index (χ0n) is 6.93. The molecule has 1 unspecified atom stereocenters. The van der Waals surface area contributed by atoms with Crippen molar-refractivity contribution in [3.63, 3.8) is 0 Å². The van der Waals surface area contributed by atoms with Crippen LogP contribution in [0.3, 0.4) is 0 Å². The van der Waals surface area contributed by atoms with Gasteiger partial charge in [-0.25, -0.2) is 8.42 Å². The average Bonchev–Trinajstić information content (AvgIpc) is 2.04. The van der Waals surface area contributed by atoms with Gasteiger partial charge in [0.1, 0.15) is 6.26 Å². The fraction of sp³-hybridized carbons (Fsp3) is 0.143. The van der Waals surface area contributed by atoms with Gasteiger partial charge in [0, 0.05) is 0 Å². The second kappa shape index (κ2) is 4.10. The lowest BCUT2D eigenvalue weighted by atomic mass is 10.4. The first-order chi connectivity index (χ1) is 6.02. The Morgan fingerprint density at radius 2 is 1.85 bits per heavy atom. The van der Waals surface area contributed by atoms with Crippen LogP contribution in [0.15, 0.2) is 35.2 Å². The maximum absolute atomic E-state index is 11.3. The predicted octanol–water partition coefficient (Wildman–Crippen LogP) is 0.258. The fourth-order valence-electron chi connectivity index (χ4n) is 0.802. The van der Waals surface area contributed by atoms with E-state index < -0.39 is 21.4 Å². The van der Waals surface area contributed by atoms with Crippen molar-refractivity contribution in [2.75, 3.05) is 6.26 Å². The van der Waals surface area contributed by atoms with Crippen molar-refractivity contribution in [2.45, 2.75) is 4.90 Å². The first kappa shape index (κ1) is 10.5. The van der Waals surface area contributed by atoms with Gasteiger partial charge in [0.2, 0.25) is 0 Å². The topological polar surface area (TPSA) is 69.2 Å². The summed E-state index contributed by atoms with van der Waals surface area (Å²) >= 11 is -1.57. The minimum Gasteiger partial charge on any atom is -0.597 e. The summed E-state index contributed by atoms with van der Waals surface area (Å²) in [5.74, 6) is 0. The van der Waals surface area contributed by atoms with Crippen LogP contribution in [0.25, 0.3) is 0 Å². The van der Waals surface area contributed by atoms with Gasteiger partial charge in [-0.1, -0.05) is 18.2 Å². The van der Waals surface area contributed by atoms with Crippen LogP contribution >= 0.6 is 0 Å². The van der Waals surface area contributed by atoms with Crippen LogP contribution in [-0.4, -0.2) is 19.2 Å². The zero-order chi connectivity index (χ0) is 9.90. The highest BCUT2D eigenvalue weighted by molar-refractivity contribution is 8.04. The third kappa shape index (κ3) is 3.00. The summed E-state index contributed by atoms with van der Waals surface area (Å²) < 4.78 is 35.3. The Labute approximate surface area is 80.3 Å². The molecule has 0 bridgehead atoms. The molecule has 13 heavy (non-hydrogen) atoms. The largest absolute Gasteiger partial charge is 0.597 e. The number of benzene rings is 1. The van der Waals surface area contributed by atoms with Gasteiger partial charge in [-0.15, -0.1) is 0 Å². The summed E-state index contributed by atoms with van der Waals surface area (Å²) in [6.45, 7) is 0. The van der Waals surface area contributed by atoms with Crippen molar-refractivity contribution in [1.82, 2.24) is 4.13 Å². The van der Waals surface area contributed by atoms with E-state index in [9.17, 15) is 13.0 Å². The van der Waals surface area contributed by atoms with Crippen molar-refractivity contribution >= 4 is 21.4 Å². The molecular formula is C7H9NO3S2. The Bertz CT molecular complexity index is 361. The van der Waals surface area contributed by atoms with Gasteiger partial charge in [0.15, 0.2) is 0 Å². The molecular weight excluding hydrogens is 210 g/mol. The average molecular weight is 219 g/mol. The van der Waals surface area contributed by atoms with Gasteiger partial charge in [-0.3, -0.25) is 0 Å². The van der Waals surface area contributed by atoms with Gasteiger partial charge < -0.3 is 4.55 Å². The van der Waals surface area contributed by atoms with E-state index in [1.807, 2.05) is 4.13 Å². The molecule has 0 radical (unpaired) electrons. The molecule has 0 spiro atoms. The van der Waals surface area contributed by atoms with Gasteiger partial charge in [-0.2, -0.15) is 0 Å². The molecule has 0 saturated carbocycles. The molecule has 0 aliphatic carbocycles. The van der Waals surface area contributed by atoms with Gasteiger partial charge in [0.05, 0.1) is 16.3 Å². The van der Waals surface area contributed by atoms with Crippen LogP contribution < -0.4 is 4.13 Å². The van der Waals surface area contributed by atoms with Gasteiger partial charge >= 0.3 is 0 Å². The van der Waals surface area contributed by atoms with E-state index in [1.54, 1.807) is 18.2 Å². The second-order valence-corrected chi connectivity index (χ2v) is 5.41.